The number of benzene rings is 1. The lowest BCUT2D eigenvalue weighted by molar-refractivity contribution is 0.407. The molecule has 0 radical (unpaired) electrons. The smallest absolute Gasteiger partial charge is 0.243 e. The molecule has 0 bridgehead atoms. The minimum absolute atomic E-state index is 0.0184. The van der Waals surface area contributed by atoms with Gasteiger partial charge in [-0.3, -0.25) is 0 Å². The Hall–Kier alpha value is -1.14. The lowest BCUT2D eigenvalue weighted by atomic mass is 10.1. The van der Waals surface area contributed by atoms with E-state index in [1.807, 2.05) is 6.92 Å². The molecule has 1 aliphatic rings. The van der Waals surface area contributed by atoms with Gasteiger partial charge in [0.15, 0.2) is 0 Å². The average molecular weight is 286 g/mol. The summed E-state index contributed by atoms with van der Waals surface area (Å²) in [4.78, 5) is 0.153. The Kier molecular flexibility index (Phi) is 3.57. The van der Waals surface area contributed by atoms with Crippen molar-refractivity contribution in [1.82, 2.24) is 4.31 Å². The van der Waals surface area contributed by atoms with Crippen LogP contribution in [-0.2, 0) is 10.0 Å². The van der Waals surface area contributed by atoms with Crippen LogP contribution in [0.3, 0.4) is 0 Å². The normalized spacial score (nSPS) is 20.9. The minimum atomic E-state index is -3.60. The molecule has 1 fully saturated rings. The zero-order valence-corrected chi connectivity index (χ0v) is 12.2. The highest BCUT2D eigenvalue weighted by Crippen LogP contribution is 2.33. The first-order valence-corrected chi connectivity index (χ1v) is 7.78. The summed E-state index contributed by atoms with van der Waals surface area (Å²) in [5.74, 6) is -0.566. The van der Waals surface area contributed by atoms with Crippen molar-refractivity contribution in [2.24, 2.45) is 0 Å². The first-order valence-electron chi connectivity index (χ1n) is 6.34. The standard InChI is InChI=1S/C13H19FN2O2S/c1-8-7-11(14)12(15)10(3)13(8)19(17,18)16-6-4-5-9(16)2/h7,9H,4-6,15H2,1-3H3. The van der Waals surface area contributed by atoms with E-state index >= 15 is 0 Å². The van der Waals surface area contributed by atoms with E-state index in [9.17, 15) is 12.8 Å². The van der Waals surface area contributed by atoms with E-state index in [1.54, 1.807) is 13.8 Å². The van der Waals surface area contributed by atoms with Crippen LogP contribution >= 0.6 is 0 Å². The number of nitrogens with zero attached hydrogens (tertiary/aromatic N) is 1. The number of aryl methyl sites for hydroxylation is 1. The molecular formula is C13H19FN2O2S. The van der Waals surface area contributed by atoms with Gasteiger partial charge >= 0.3 is 0 Å². The van der Waals surface area contributed by atoms with Crippen molar-refractivity contribution in [2.75, 3.05) is 12.3 Å². The molecule has 2 N–H and O–H groups in total. The third-order valence-corrected chi connectivity index (χ3v) is 6.07. The van der Waals surface area contributed by atoms with Crippen LogP contribution in [-0.4, -0.2) is 25.3 Å². The topological polar surface area (TPSA) is 63.4 Å². The van der Waals surface area contributed by atoms with Crippen molar-refractivity contribution in [3.05, 3.63) is 23.0 Å². The molecule has 19 heavy (non-hydrogen) atoms. The maximum absolute atomic E-state index is 13.5. The SMILES string of the molecule is Cc1cc(F)c(N)c(C)c1S(=O)(=O)N1CCCC1C. The van der Waals surface area contributed by atoms with Gasteiger partial charge in [0.25, 0.3) is 0 Å². The Balaban J connectivity index is 2.62. The summed E-state index contributed by atoms with van der Waals surface area (Å²) in [5, 5.41) is 0. The van der Waals surface area contributed by atoms with Gasteiger partial charge in [-0.05, 0) is 50.8 Å². The number of halogens is 1. The molecule has 0 saturated carbocycles. The van der Waals surface area contributed by atoms with Crippen LogP contribution in [0.15, 0.2) is 11.0 Å². The number of rotatable bonds is 2. The molecule has 2 rings (SSSR count). The van der Waals surface area contributed by atoms with Crippen molar-refractivity contribution < 1.29 is 12.8 Å². The zero-order chi connectivity index (χ0) is 14.4. The first-order chi connectivity index (χ1) is 8.76. The molecule has 0 aliphatic carbocycles. The second kappa shape index (κ2) is 4.76. The summed E-state index contributed by atoms with van der Waals surface area (Å²) in [6.07, 6.45) is 1.71. The molecule has 1 saturated heterocycles. The summed E-state index contributed by atoms with van der Waals surface area (Å²) in [7, 11) is -3.60. The van der Waals surface area contributed by atoms with Gasteiger partial charge in [0, 0.05) is 12.6 Å². The van der Waals surface area contributed by atoms with Gasteiger partial charge in [0.2, 0.25) is 10.0 Å². The molecule has 1 aliphatic heterocycles. The van der Waals surface area contributed by atoms with Crippen LogP contribution in [0.1, 0.15) is 30.9 Å². The summed E-state index contributed by atoms with van der Waals surface area (Å²) >= 11 is 0. The van der Waals surface area contributed by atoms with Crippen LogP contribution < -0.4 is 5.73 Å². The van der Waals surface area contributed by atoms with Crippen molar-refractivity contribution in [1.29, 1.82) is 0 Å². The molecule has 1 heterocycles. The largest absolute Gasteiger partial charge is 0.396 e. The highest BCUT2D eigenvalue weighted by Gasteiger charge is 2.35. The van der Waals surface area contributed by atoms with Gasteiger partial charge < -0.3 is 5.73 Å². The van der Waals surface area contributed by atoms with Gasteiger partial charge in [-0.1, -0.05) is 0 Å². The molecule has 1 atom stereocenters. The molecule has 4 nitrogen and oxygen atoms in total. The number of nitrogens with two attached hydrogens (primary N) is 1. The predicted octanol–water partition coefficient (Wildman–Crippen LogP) is 2.20. The molecular weight excluding hydrogens is 267 g/mol. The van der Waals surface area contributed by atoms with Crippen LogP contribution in [0, 0.1) is 19.7 Å². The fraction of sp³-hybridized carbons (Fsp3) is 0.538. The van der Waals surface area contributed by atoms with Crippen LogP contribution in [0.5, 0.6) is 0 Å². The van der Waals surface area contributed by atoms with Crippen molar-refractivity contribution in [2.45, 2.75) is 44.6 Å². The van der Waals surface area contributed by atoms with Crippen LogP contribution in [0.4, 0.5) is 10.1 Å². The number of sulfonamides is 1. The highest BCUT2D eigenvalue weighted by atomic mass is 32.2. The van der Waals surface area contributed by atoms with E-state index in [4.69, 9.17) is 5.73 Å². The van der Waals surface area contributed by atoms with E-state index in [0.29, 0.717) is 17.7 Å². The van der Waals surface area contributed by atoms with Gasteiger partial charge in [-0.2, -0.15) is 4.31 Å². The van der Waals surface area contributed by atoms with E-state index < -0.39 is 15.8 Å². The molecule has 1 aromatic carbocycles. The minimum Gasteiger partial charge on any atom is -0.396 e. The second-order valence-corrected chi connectivity index (χ2v) is 6.98. The molecule has 106 valence electrons. The fourth-order valence-electron chi connectivity index (χ4n) is 2.71. The van der Waals surface area contributed by atoms with Gasteiger partial charge in [-0.15, -0.1) is 0 Å². The maximum Gasteiger partial charge on any atom is 0.243 e. The zero-order valence-electron chi connectivity index (χ0n) is 11.4. The quantitative estimate of drug-likeness (QED) is 0.848. The van der Waals surface area contributed by atoms with Crippen molar-refractivity contribution >= 4 is 15.7 Å². The van der Waals surface area contributed by atoms with Crippen molar-refractivity contribution in [3.63, 3.8) is 0 Å². The molecule has 0 amide bonds. The van der Waals surface area contributed by atoms with Gasteiger partial charge in [0.1, 0.15) is 5.82 Å². The Labute approximate surface area is 113 Å². The molecule has 6 heteroatoms. The molecule has 0 spiro atoms. The van der Waals surface area contributed by atoms with Gasteiger partial charge in [0.05, 0.1) is 10.6 Å². The summed E-state index contributed by atoms with van der Waals surface area (Å²) in [6, 6.07) is 1.17. The Morgan fingerprint density at radius 3 is 2.58 bits per heavy atom. The number of hydrogen-bond donors (Lipinski definition) is 1. The molecule has 1 aromatic rings. The number of anilines is 1. The van der Waals surface area contributed by atoms with Crippen LogP contribution in [0.25, 0.3) is 0 Å². The number of hydrogen-bond acceptors (Lipinski definition) is 3. The second-order valence-electron chi connectivity index (χ2n) is 5.15. The van der Waals surface area contributed by atoms with E-state index in [0.717, 1.165) is 12.8 Å². The molecule has 1 unspecified atom stereocenters. The molecule has 0 aromatic heterocycles. The fourth-order valence-corrected chi connectivity index (χ4v) is 4.85. The third-order valence-electron chi connectivity index (χ3n) is 3.76. The van der Waals surface area contributed by atoms with E-state index in [1.165, 1.54) is 10.4 Å². The lowest BCUT2D eigenvalue weighted by Gasteiger charge is -2.23. The van der Waals surface area contributed by atoms with Gasteiger partial charge in [-0.25, -0.2) is 12.8 Å². The van der Waals surface area contributed by atoms with E-state index in [2.05, 4.69) is 0 Å². The van der Waals surface area contributed by atoms with Crippen LogP contribution in [0.2, 0.25) is 0 Å². The third kappa shape index (κ3) is 2.23. The monoisotopic (exact) mass is 286 g/mol. The first kappa shape index (κ1) is 14.3. The van der Waals surface area contributed by atoms with E-state index in [-0.39, 0.29) is 16.6 Å². The van der Waals surface area contributed by atoms with Crippen molar-refractivity contribution in [3.8, 4) is 0 Å². The Morgan fingerprint density at radius 2 is 2.05 bits per heavy atom. The number of nitrogen functional groups attached to an aromatic ring is 1. The summed E-state index contributed by atoms with van der Waals surface area (Å²) in [6.45, 7) is 5.56. The lowest BCUT2D eigenvalue weighted by Crippen LogP contribution is -2.34. The predicted molar refractivity (Wildman–Crippen MR) is 72.9 cm³/mol. The Morgan fingerprint density at radius 1 is 1.42 bits per heavy atom. The maximum atomic E-state index is 13.5. The highest BCUT2D eigenvalue weighted by molar-refractivity contribution is 7.89. The Bertz CT molecular complexity index is 614. The average Bonchev–Trinajstić information content (AvgIpc) is 2.73. The summed E-state index contributed by atoms with van der Waals surface area (Å²) < 4.78 is 40.4. The summed E-state index contributed by atoms with van der Waals surface area (Å²) in [5.41, 5.74) is 6.24.